The van der Waals surface area contributed by atoms with Crippen LogP contribution in [0.5, 0.6) is 0 Å². The van der Waals surface area contributed by atoms with Gasteiger partial charge in [0.2, 0.25) is 5.91 Å². The summed E-state index contributed by atoms with van der Waals surface area (Å²) >= 11 is 4.75. The van der Waals surface area contributed by atoms with Crippen LogP contribution in [0.15, 0.2) is 0 Å². The van der Waals surface area contributed by atoms with Crippen molar-refractivity contribution in [1.82, 2.24) is 0 Å². The molecule has 1 atom stereocenters. The minimum Gasteiger partial charge on any atom is -0.316 e. The van der Waals surface area contributed by atoms with Crippen LogP contribution in [0.3, 0.4) is 0 Å². The number of halogens is 1. The molecule has 0 aromatic carbocycles. The summed E-state index contributed by atoms with van der Waals surface area (Å²) in [5, 5.41) is 12.6. The molecule has 0 aliphatic heterocycles. The van der Waals surface area contributed by atoms with Gasteiger partial charge in [0.05, 0.1) is 10.4 Å². The molecule has 16 heavy (non-hydrogen) atoms. The minimum absolute atomic E-state index is 0.101. The van der Waals surface area contributed by atoms with Gasteiger partial charge in [0, 0.05) is 4.88 Å². The van der Waals surface area contributed by atoms with Gasteiger partial charge in [-0.2, -0.15) is 5.26 Å². The van der Waals surface area contributed by atoms with Gasteiger partial charge in [-0.15, -0.1) is 11.3 Å². The first-order chi connectivity index (χ1) is 7.63. The Kier molecular flexibility index (Phi) is 3.31. The molecular weight excluding hydrogens is 288 g/mol. The van der Waals surface area contributed by atoms with E-state index in [4.69, 9.17) is 5.26 Å². The molecule has 0 saturated carbocycles. The predicted molar refractivity (Wildman–Crippen MR) is 68.1 cm³/mol. The first kappa shape index (κ1) is 11.6. The van der Waals surface area contributed by atoms with Crippen molar-refractivity contribution in [2.45, 2.75) is 31.0 Å². The highest BCUT2D eigenvalue weighted by Crippen LogP contribution is 2.38. The number of hydrogen-bond donors (Lipinski definition) is 1. The van der Waals surface area contributed by atoms with Crippen molar-refractivity contribution in [3.8, 4) is 6.07 Å². The number of amides is 1. The van der Waals surface area contributed by atoms with Gasteiger partial charge in [-0.05, 0) is 31.7 Å². The van der Waals surface area contributed by atoms with Gasteiger partial charge in [0.25, 0.3) is 0 Å². The standard InChI is InChI=1S/C11H11BrN2OS/c1-6(12)10(15)14-11-8(5-13)7-3-2-4-9(7)16-11/h6H,2-4H2,1H3,(H,14,15)/t6-/m0/s1. The fraction of sp³-hybridized carbons (Fsp3) is 0.455. The Labute approximate surface area is 107 Å². The number of rotatable bonds is 2. The topological polar surface area (TPSA) is 52.9 Å². The summed E-state index contributed by atoms with van der Waals surface area (Å²) in [5.74, 6) is -0.101. The molecule has 5 heteroatoms. The summed E-state index contributed by atoms with van der Waals surface area (Å²) in [6.45, 7) is 1.77. The number of nitriles is 1. The van der Waals surface area contributed by atoms with Gasteiger partial charge in [-0.1, -0.05) is 15.9 Å². The van der Waals surface area contributed by atoms with Gasteiger partial charge in [0.15, 0.2) is 0 Å². The van der Waals surface area contributed by atoms with E-state index in [-0.39, 0.29) is 10.7 Å². The molecule has 1 aliphatic carbocycles. The number of alkyl halides is 1. The molecule has 0 unspecified atom stereocenters. The Hall–Kier alpha value is -0.860. The molecular formula is C11H11BrN2OS. The molecule has 1 amide bonds. The summed E-state index contributed by atoms with van der Waals surface area (Å²) in [7, 11) is 0. The summed E-state index contributed by atoms with van der Waals surface area (Å²) in [4.78, 5) is 12.6. The van der Waals surface area contributed by atoms with Crippen LogP contribution < -0.4 is 5.32 Å². The summed E-state index contributed by atoms with van der Waals surface area (Å²) in [6, 6.07) is 2.20. The molecule has 0 fully saturated rings. The molecule has 0 bridgehead atoms. The summed E-state index contributed by atoms with van der Waals surface area (Å²) < 4.78 is 0. The van der Waals surface area contributed by atoms with Crippen LogP contribution in [0.25, 0.3) is 0 Å². The maximum Gasteiger partial charge on any atom is 0.238 e. The third kappa shape index (κ3) is 2.00. The monoisotopic (exact) mass is 298 g/mol. The van der Waals surface area contributed by atoms with Crippen molar-refractivity contribution < 1.29 is 4.79 Å². The van der Waals surface area contributed by atoms with E-state index in [0.717, 1.165) is 24.8 Å². The molecule has 84 valence electrons. The van der Waals surface area contributed by atoms with E-state index in [1.54, 1.807) is 18.3 Å². The quantitative estimate of drug-likeness (QED) is 0.854. The lowest BCUT2D eigenvalue weighted by Crippen LogP contribution is -2.19. The normalized spacial score (nSPS) is 15.3. The third-order valence-electron chi connectivity index (χ3n) is 2.63. The Morgan fingerprint density at radius 3 is 3.00 bits per heavy atom. The lowest BCUT2D eigenvalue weighted by atomic mass is 10.1. The molecule has 2 rings (SSSR count). The molecule has 3 nitrogen and oxygen atoms in total. The lowest BCUT2D eigenvalue weighted by Gasteiger charge is -2.04. The fourth-order valence-corrected chi connectivity index (χ4v) is 3.18. The first-order valence-corrected chi connectivity index (χ1v) is 6.86. The molecule has 0 saturated heterocycles. The van der Waals surface area contributed by atoms with E-state index >= 15 is 0 Å². The van der Waals surface area contributed by atoms with Crippen LogP contribution in [0, 0.1) is 11.3 Å². The van der Waals surface area contributed by atoms with Crippen molar-refractivity contribution in [2.24, 2.45) is 0 Å². The zero-order chi connectivity index (χ0) is 11.7. The Balaban J connectivity index is 2.29. The number of nitrogens with zero attached hydrogens (tertiary/aromatic N) is 1. The number of fused-ring (bicyclic) bond motifs is 1. The second-order valence-electron chi connectivity index (χ2n) is 3.78. The number of nitrogens with one attached hydrogen (secondary N) is 1. The second-order valence-corrected chi connectivity index (χ2v) is 6.26. The zero-order valence-electron chi connectivity index (χ0n) is 8.84. The number of carbonyl (C=O) groups excluding carboxylic acids is 1. The van der Waals surface area contributed by atoms with E-state index in [0.29, 0.717) is 10.6 Å². The SMILES string of the molecule is C[C@H](Br)C(=O)Nc1sc2c(c1C#N)CCC2. The Morgan fingerprint density at radius 1 is 1.62 bits per heavy atom. The minimum atomic E-state index is -0.240. The molecule has 1 N–H and O–H groups in total. The highest BCUT2D eigenvalue weighted by atomic mass is 79.9. The largest absolute Gasteiger partial charge is 0.316 e. The number of thiophene rings is 1. The van der Waals surface area contributed by atoms with Gasteiger partial charge < -0.3 is 5.32 Å². The Bertz CT molecular complexity index is 473. The van der Waals surface area contributed by atoms with Crippen LogP contribution in [0.4, 0.5) is 5.00 Å². The molecule has 1 aliphatic rings. The first-order valence-electron chi connectivity index (χ1n) is 5.13. The highest BCUT2D eigenvalue weighted by molar-refractivity contribution is 9.10. The van der Waals surface area contributed by atoms with Crippen molar-refractivity contribution >= 4 is 38.2 Å². The van der Waals surface area contributed by atoms with Gasteiger partial charge in [-0.25, -0.2) is 0 Å². The smallest absolute Gasteiger partial charge is 0.238 e. The number of aryl methyl sites for hydroxylation is 1. The van der Waals surface area contributed by atoms with Crippen LogP contribution in [-0.4, -0.2) is 10.7 Å². The maximum atomic E-state index is 11.5. The molecule has 1 aromatic heterocycles. The van der Waals surface area contributed by atoms with E-state index in [1.807, 2.05) is 0 Å². The van der Waals surface area contributed by atoms with Gasteiger partial charge in [0.1, 0.15) is 11.1 Å². The average molecular weight is 299 g/mol. The van der Waals surface area contributed by atoms with Crippen molar-refractivity contribution in [3.63, 3.8) is 0 Å². The molecule has 1 aromatic rings. The van der Waals surface area contributed by atoms with Crippen LogP contribution in [0.2, 0.25) is 0 Å². The number of carbonyl (C=O) groups is 1. The summed E-state index contributed by atoms with van der Waals surface area (Å²) in [6.07, 6.45) is 3.13. The van der Waals surface area contributed by atoms with E-state index in [2.05, 4.69) is 27.3 Å². The van der Waals surface area contributed by atoms with E-state index in [1.165, 1.54) is 4.88 Å². The van der Waals surface area contributed by atoms with Crippen molar-refractivity contribution in [2.75, 3.05) is 5.32 Å². The predicted octanol–water partition coefficient (Wildman–Crippen LogP) is 2.83. The van der Waals surface area contributed by atoms with Crippen LogP contribution in [-0.2, 0) is 17.6 Å². The molecule has 1 heterocycles. The number of hydrogen-bond acceptors (Lipinski definition) is 3. The number of anilines is 1. The average Bonchev–Trinajstić information content (AvgIpc) is 2.77. The van der Waals surface area contributed by atoms with E-state index in [9.17, 15) is 4.79 Å². The maximum absolute atomic E-state index is 11.5. The highest BCUT2D eigenvalue weighted by Gasteiger charge is 2.23. The van der Waals surface area contributed by atoms with Crippen LogP contribution >= 0.6 is 27.3 Å². The second kappa shape index (κ2) is 4.56. The Morgan fingerprint density at radius 2 is 2.38 bits per heavy atom. The van der Waals surface area contributed by atoms with Crippen molar-refractivity contribution in [3.05, 3.63) is 16.0 Å². The molecule has 0 radical (unpaired) electrons. The van der Waals surface area contributed by atoms with Gasteiger partial charge >= 0.3 is 0 Å². The molecule has 0 spiro atoms. The van der Waals surface area contributed by atoms with Gasteiger partial charge in [-0.3, -0.25) is 4.79 Å². The van der Waals surface area contributed by atoms with Crippen molar-refractivity contribution in [1.29, 1.82) is 5.26 Å². The third-order valence-corrected chi connectivity index (χ3v) is 4.25. The summed E-state index contributed by atoms with van der Waals surface area (Å²) in [5.41, 5.74) is 1.81. The lowest BCUT2D eigenvalue weighted by molar-refractivity contribution is -0.115. The van der Waals surface area contributed by atoms with Crippen LogP contribution in [0.1, 0.15) is 29.3 Å². The van der Waals surface area contributed by atoms with E-state index < -0.39 is 0 Å². The fourth-order valence-electron chi connectivity index (χ4n) is 1.82. The zero-order valence-corrected chi connectivity index (χ0v) is 11.2.